The van der Waals surface area contributed by atoms with Gasteiger partial charge in [0, 0.05) is 19.1 Å². The second kappa shape index (κ2) is 5.83. The summed E-state index contributed by atoms with van der Waals surface area (Å²) >= 11 is 0. The number of hydrogen-bond acceptors (Lipinski definition) is 3. The van der Waals surface area contributed by atoms with Crippen LogP contribution in [0.4, 0.5) is 0 Å². The van der Waals surface area contributed by atoms with E-state index in [-0.39, 0.29) is 0 Å². The van der Waals surface area contributed by atoms with Crippen molar-refractivity contribution in [2.24, 2.45) is 0 Å². The van der Waals surface area contributed by atoms with Crippen LogP contribution in [-0.2, 0) is 4.74 Å². The Labute approximate surface area is 93.2 Å². The Kier molecular flexibility index (Phi) is 4.42. The molecule has 2 saturated heterocycles. The molecule has 2 heterocycles. The van der Waals surface area contributed by atoms with Crippen LogP contribution in [0.3, 0.4) is 0 Å². The standard InChI is InChI=1S/C12H24N2O/c1-11-10-14(8-9-15-11)7-3-5-12-4-2-6-13-12/h11-13H,2-10H2,1H3. The van der Waals surface area contributed by atoms with E-state index in [1.165, 1.54) is 38.8 Å². The third-order valence-corrected chi connectivity index (χ3v) is 3.51. The summed E-state index contributed by atoms with van der Waals surface area (Å²) in [5.41, 5.74) is 0. The summed E-state index contributed by atoms with van der Waals surface area (Å²) in [5, 5.41) is 3.56. The van der Waals surface area contributed by atoms with Gasteiger partial charge < -0.3 is 10.1 Å². The average molecular weight is 212 g/mol. The fourth-order valence-corrected chi connectivity index (χ4v) is 2.66. The minimum absolute atomic E-state index is 0.434. The lowest BCUT2D eigenvalue weighted by atomic mass is 10.1. The fourth-order valence-electron chi connectivity index (χ4n) is 2.66. The molecular weight excluding hydrogens is 188 g/mol. The molecule has 2 atom stereocenters. The Hall–Kier alpha value is -0.120. The van der Waals surface area contributed by atoms with Crippen molar-refractivity contribution < 1.29 is 4.74 Å². The van der Waals surface area contributed by atoms with Crippen LogP contribution >= 0.6 is 0 Å². The van der Waals surface area contributed by atoms with Crippen molar-refractivity contribution in [3.05, 3.63) is 0 Å². The topological polar surface area (TPSA) is 24.5 Å². The first-order valence-electron chi connectivity index (χ1n) is 6.42. The summed E-state index contributed by atoms with van der Waals surface area (Å²) in [6, 6.07) is 0.809. The lowest BCUT2D eigenvalue weighted by molar-refractivity contribution is -0.0187. The van der Waals surface area contributed by atoms with Gasteiger partial charge in [0.2, 0.25) is 0 Å². The number of rotatable bonds is 4. The molecule has 0 spiro atoms. The van der Waals surface area contributed by atoms with Crippen LogP contribution in [0.5, 0.6) is 0 Å². The van der Waals surface area contributed by atoms with Crippen LogP contribution in [0.2, 0.25) is 0 Å². The lowest BCUT2D eigenvalue weighted by Crippen LogP contribution is -2.41. The summed E-state index contributed by atoms with van der Waals surface area (Å²) in [5.74, 6) is 0. The van der Waals surface area contributed by atoms with Gasteiger partial charge >= 0.3 is 0 Å². The quantitative estimate of drug-likeness (QED) is 0.759. The molecule has 0 bridgehead atoms. The first-order chi connectivity index (χ1) is 7.34. The van der Waals surface area contributed by atoms with Crippen molar-refractivity contribution >= 4 is 0 Å². The summed E-state index contributed by atoms with van der Waals surface area (Å²) < 4.78 is 5.53. The Morgan fingerprint density at radius 1 is 1.47 bits per heavy atom. The maximum Gasteiger partial charge on any atom is 0.0674 e. The maximum atomic E-state index is 5.53. The number of nitrogens with zero attached hydrogens (tertiary/aromatic N) is 1. The van der Waals surface area contributed by atoms with Crippen LogP contribution in [0.15, 0.2) is 0 Å². The largest absolute Gasteiger partial charge is 0.376 e. The van der Waals surface area contributed by atoms with Gasteiger partial charge in [0.25, 0.3) is 0 Å². The van der Waals surface area contributed by atoms with Crippen LogP contribution in [0, 0.1) is 0 Å². The molecular formula is C12H24N2O. The summed E-state index contributed by atoms with van der Waals surface area (Å²) in [6.07, 6.45) is 5.89. The molecule has 2 aliphatic heterocycles. The molecule has 0 aliphatic carbocycles. The molecule has 0 radical (unpaired) electrons. The monoisotopic (exact) mass is 212 g/mol. The Morgan fingerprint density at radius 3 is 3.13 bits per heavy atom. The molecule has 2 unspecified atom stereocenters. The van der Waals surface area contributed by atoms with E-state index in [1.807, 2.05) is 0 Å². The van der Waals surface area contributed by atoms with Gasteiger partial charge in [-0.2, -0.15) is 0 Å². The van der Waals surface area contributed by atoms with Crippen LogP contribution < -0.4 is 5.32 Å². The normalized spacial score (nSPS) is 33.4. The molecule has 2 rings (SSSR count). The molecule has 88 valence electrons. The predicted molar refractivity (Wildman–Crippen MR) is 62.1 cm³/mol. The highest BCUT2D eigenvalue weighted by molar-refractivity contribution is 4.75. The molecule has 0 aromatic heterocycles. The molecule has 0 amide bonds. The highest BCUT2D eigenvalue weighted by Gasteiger charge is 2.17. The first-order valence-corrected chi connectivity index (χ1v) is 6.42. The number of nitrogens with one attached hydrogen (secondary N) is 1. The number of morpholine rings is 1. The molecule has 0 saturated carbocycles. The van der Waals surface area contributed by atoms with Gasteiger partial charge in [0.1, 0.15) is 0 Å². The molecule has 15 heavy (non-hydrogen) atoms. The van der Waals surface area contributed by atoms with Crippen molar-refractivity contribution in [2.45, 2.75) is 44.8 Å². The first kappa shape index (κ1) is 11.4. The van der Waals surface area contributed by atoms with Crippen LogP contribution in [-0.4, -0.2) is 49.8 Å². The zero-order valence-electron chi connectivity index (χ0n) is 9.87. The Morgan fingerprint density at radius 2 is 2.40 bits per heavy atom. The van der Waals surface area contributed by atoms with Gasteiger partial charge in [0.05, 0.1) is 12.7 Å². The molecule has 0 aromatic carbocycles. The van der Waals surface area contributed by atoms with E-state index < -0.39 is 0 Å². The predicted octanol–water partition coefficient (Wildman–Crippen LogP) is 1.24. The van der Waals surface area contributed by atoms with Crippen molar-refractivity contribution in [1.82, 2.24) is 10.2 Å². The molecule has 3 heteroatoms. The highest BCUT2D eigenvalue weighted by atomic mass is 16.5. The highest BCUT2D eigenvalue weighted by Crippen LogP contribution is 2.12. The van der Waals surface area contributed by atoms with Crippen molar-refractivity contribution in [3.63, 3.8) is 0 Å². The molecule has 3 nitrogen and oxygen atoms in total. The van der Waals surface area contributed by atoms with Gasteiger partial charge in [-0.3, -0.25) is 4.90 Å². The van der Waals surface area contributed by atoms with Crippen molar-refractivity contribution in [1.29, 1.82) is 0 Å². The van der Waals surface area contributed by atoms with E-state index in [0.717, 1.165) is 25.7 Å². The Balaban J connectivity index is 1.56. The third-order valence-electron chi connectivity index (χ3n) is 3.51. The van der Waals surface area contributed by atoms with E-state index in [9.17, 15) is 0 Å². The number of ether oxygens (including phenoxy) is 1. The van der Waals surface area contributed by atoms with Gasteiger partial charge in [0.15, 0.2) is 0 Å². The van der Waals surface area contributed by atoms with E-state index >= 15 is 0 Å². The van der Waals surface area contributed by atoms with E-state index in [2.05, 4.69) is 17.1 Å². The lowest BCUT2D eigenvalue weighted by Gasteiger charge is -2.31. The van der Waals surface area contributed by atoms with Gasteiger partial charge in [-0.1, -0.05) is 0 Å². The molecule has 1 N–H and O–H groups in total. The summed E-state index contributed by atoms with van der Waals surface area (Å²) in [4.78, 5) is 2.54. The van der Waals surface area contributed by atoms with Crippen LogP contribution in [0.1, 0.15) is 32.6 Å². The average Bonchev–Trinajstić information content (AvgIpc) is 2.71. The minimum Gasteiger partial charge on any atom is -0.376 e. The SMILES string of the molecule is CC1CN(CCCC2CCCN2)CCO1. The second-order valence-corrected chi connectivity index (χ2v) is 4.92. The van der Waals surface area contributed by atoms with Crippen molar-refractivity contribution in [3.8, 4) is 0 Å². The zero-order valence-corrected chi connectivity index (χ0v) is 9.87. The fraction of sp³-hybridized carbons (Fsp3) is 1.00. The van der Waals surface area contributed by atoms with E-state index in [1.54, 1.807) is 0 Å². The van der Waals surface area contributed by atoms with Gasteiger partial charge in [-0.25, -0.2) is 0 Å². The van der Waals surface area contributed by atoms with Crippen molar-refractivity contribution in [2.75, 3.05) is 32.8 Å². The second-order valence-electron chi connectivity index (χ2n) is 4.92. The molecule has 0 aromatic rings. The zero-order chi connectivity index (χ0) is 10.5. The van der Waals surface area contributed by atoms with Gasteiger partial charge in [-0.15, -0.1) is 0 Å². The van der Waals surface area contributed by atoms with Gasteiger partial charge in [-0.05, 0) is 45.7 Å². The maximum absolute atomic E-state index is 5.53. The smallest absolute Gasteiger partial charge is 0.0674 e. The van der Waals surface area contributed by atoms with E-state index in [4.69, 9.17) is 4.74 Å². The number of hydrogen-bond donors (Lipinski definition) is 1. The minimum atomic E-state index is 0.434. The third kappa shape index (κ3) is 3.74. The molecule has 2 aliphatic rings. The Bertz CT molecular complexity index is 180. The summed E-state index contributed by atoms with van der Waals surface area (Å²) in [6.45, 7) is 7.83. The molecule has 2 fully saturated rings. The van der Waals surface area contributed by atoms with Crippen LogP contribution in [0.25, 0.3) is 0 Å². The van der Waals surface area contributed by atoms with E-state index in [0.29, 0.717) is 6.10 Å². The summed E-state index contributed by atoms with van der Waals surface area (Å²) in [7, 11) is 0.